The maximum Gasteiger partial charge on any atom is 0.142 e. The normalized spacial score (nSPS) is 10.5. The van der Waals surface area contributed by atoms with Crippen LogP contribution in [0.15, 0.2) is 36.4 Å². The van der Waals surface area contributed by atoms with Gasteiger partial charge in [0.15, 0.2) is 0 Å². The van der Waals surface area contributed by atoms with E-state index in [-0.39, 0.29) is 0 Å². The summed E-state index contributed by atoms with van der Waals surface area (Å²) in [5, 5.41) is 1.46. The lowest BCUT2D eigenvalue weighted by Crippen LogP contribution is -2.00. The van der Waals surface area contributed by atoms with Crippen molar-refractivity contribution in [3.63, 3.8) is 0 Å². The van der Waals surface area contributed by atoms with Gasteiger partial charge in [0.25, 0.3) is 0 Å². The van der Waals surface area contributed by atoms with E-state index in [2.05, 4.69) is 9.97 Å². The Morgan fingerprint density at radius 1 is 1.29 bits per heavy atom. The molecule has 0 bridgehead atoms. The topological polar surface area (TPSA) is 81.0 Å². The molecule has 0 amide bonds. The number of para-hydroxylation sites is 2. The largest absolute Gasteiger partial charge is 0.495 e. The molecule has 5 nitrogen and oxygen atoms in total. The zero-order valence-corrected chi connectivity index (χ0v) is 12.1. The Balaban J connectivity index is 2.26. The predicted octanol–water partition coefficient (Wildman–Crippen LogP) is 2.18. The summed E-state index contributed by atoms with van der Waals surface area (Å²) in [5.41, 5.74) is 9.68. The van der Waals surface area contributed by atoms with E-state index in [0.717, 1.165) is 16.6 Å². The van der Waals surface area contributed by atoms with Gasteiger partial charge in [0.2, 0.25) is 0 Å². The third-order valence-electron chi connectivity index (χ3n) is 3.28. The van der Waals surface area contributed by atoms with Gasteiger partial charge in [0.05, 0.1) is 35.1 Å². The molecule has 0 aliphatic carbocycles. The number of rotatable bonds is 3. The first-order valence-corrected chi connectivity index (χ1v) is 7.08. The molecule has 6 heteroatoms. The van der Waals surface area contributed by atoms with Crippen LogP contribution in [-0.4, -0.2) is 26.7 Å². The molecule has 0 aliphatic heterocycles. The maximum atomic E-state index is 10.9. The molecule has 0 saturated heterocycles. The van der Waals surface area contributed by atoms with Crippen LogP contribution >= 0.6 is 0 Å². The number of methoxy groups -OCH3 is 1. The molecule has 3 N–H and O–H groups in total. The van der Waals surface area contributed by atoms with Crippen LogP contribution in [0, 0.1) is 0 Å². The highest BCUT2D eigenvalue weighted by atomic mass is 32.1. The lowest BCUT2D eigenvalue weighted by atomic mass is 10.1. The molecule has 1 heterocycles. The van der Waals surface area contributed by atoms with Gasteiger partial charge in [-0.05, 0) is 24.3 Å². The van der Waals surface area contributed by atoms with Gasteiger partial charge in [0, 0.05) is 16.5 Å². The van der Waals surface area contributed by atoms with Crippen molar-refractivity contribution in [2.75, 3.05) is 12.8 Å². The number of hydrogen-bond acceptors (Lipinski definition) is 4. The van der Waals surface area contributed by atoms with E-state index < -0.39 is 0 Å². The van der Waals surface area contributed by atoms with Crippen molar-refractivity contribution >= 4 is 33.3 Å². The molecule has 0 radical (unpaired) electrons. The summed E-state index contributed by atoms with van der Waals surface area (Å²) in [6, 6.07) is 11.3. The molecule has 2 aromatic carbocycles. The third kappa shape index (κ3) is 2.30. The van der Waals surface area contributed by atoms with E-state index in [9.17, 15) is 4.21 Å². The number of hydrogen-bond donors (Lipinski definition) is 2. The molecule has 0 spiro atoms. The Hall–Kier alpha value is -2.60. The molecule has 3 rings (SSSR count). The van der Waals surface area contributed by atoms with E-state index in [1.807, 2.05) is 30.3 Å². The molecule has 0 fully saturated rings. The summed E-state index contributed by atoms with van der Waals surface area (Å²) in [7, 11) is 1.54. The van der Waals surface area contributed by atoms with Crippen LogP contribution in [0.5, 0.6) is 5.75 Å². The average molecular weight is 299 g/mol. The van der Waals surface area contributed by atoms with E-state index in [4.69, 9.17) is 10.5 Å². The maximum absolute atomic E-state index is 10.9. The summed E-state index contributed by atoms with van der Waals surface area (Å²) < 4.78 is 16.1. The standard InChI is InChI=1S/C15H13N3O2S/c1-20-13-7-6-9(10(8-21-19)14(13)16)15-17-11-4-2-3-5-12(11)18-15/h2-8H,16H2,1H3,(H,17,18). The van der Waals surface area contributed by atoms with Crippen LogP contribution in [0.2, 0.25) is 0 Å². The smallest absolute Gasteiger partial charge is 0.142 e. The molecule has 0 unspecified atom stereocenters. The second-order valence-corrected chi connectivity index (χ2v) is 4.89. The van der Waals surface area contributed by atoms with Crippen LogP contribution in [0.3, 0.4) is 0 Å². The highest BCUT2D eigenvalue weighted by Crippen LogP contribution is 2.32. The second kappa shape index (κ2) is 5.41. The number of H-pyrrole nitrogens is 1. The lowest BCUT2D eigenvalue weighted by molar-refractivity contribution is 0.417. The van der Waals surface area contributed by atoms with E-state index >= 15 is 0 Å². The van der Waals surface area contributed by atoms with Gasteiger partial charge >= 0.3 is 0 Å². The van der Waals surface area contributed by atoms with Crippen molar-refractivity contribution in [1.29, 1.82) is 0 Å². The lowest BCUT2D eigenvalue weighted by Gasteiger charge is -2.10. The van der Waals surface area contributed by atoms with Gasteiger partial charge in [-0.15, -0.1) is 0 Å². The average Bonchev–Trinajstić information content (AvgIpc) is 2.93. The molecule has 1 aromatic heterocycles. The molecular formula is C15H13N3O2S. The number of imidazole rings is 1. The number of nitrogens with one attached hydrogen (secondary N) is 1. The fourth-order valence-electron chi connectivity index (χ4n) is 2.26. The van der Waals surface area contributed by atoms with Crippen molar-refractivity contribution in [3.8, 4) is 17.1 Å². The summed E-state index contributed by atoms with van der Waals surface area (Å²) in [6.45, 7) is 0. The summed E-state index contributed by atoms with van der Waals surface area (Å²) >= 11 is 0.352. The minimum atomic E-state index is 0.352. The summed E-state index contributed by atoms with van der Waals surface area (Å²) in [6.07, 6.45) is 0. The quantitative estimate of drug-likeness (QED) is 0.574. The van der Waals surface area contributed by atoms with Gasteiger partial charge in [0.1, 0.15) is 11.6 Å². The second-order valence-electron chi connectivity index (χ2n) is 4.46. The monoisotopic (exact) mass is 299 g/mol. The highest BCUT2D eigenvalue weighted by Gasteiger charge is 2.14. The van der Waals surface area contributed by atoms with Crippen molar-refractivity contribution < 1.29 is 8.95 Å². The Morgan fingerprint density at radius 3 is 2.81 bits per heavy atom. The highest BCUT2D eigenvalue weighted by molar-refractivity contribution is 7.65. The fourth-order valence-corrected chi connectivity index (χ4v) is 2.61. The number of fused-ring (bicyclic) bond motifs is 1. The van der Waals surface area contributed by atoms with Gasteiger partial charge in [-0.2, -0.15) is 0 Å². The zero-order valence-electron chi connectivity index (χ0n) is 11.3. The van der Waals surface area contributed by atoms with Crippen LogP contribution in [0.1, 0.15) is 5.56 Å². The number of aromatic nitrogens is 2. The number of ether oxygens (including phenoxy) is 1. The first-order chi connectivity index (χ1) is 10.2. The Bertz CT molecular complexity index is 833. The summed E-state index contributed by atoms with van der Waals surface area (Å²) in [5.74, 6) is 1.21. The van der Waals surface area contributed by atoms with Gasteiger partial charge in [-0.1, -0.05) is 12.1 Å². The van der Waals surface area contributed by atoms with Crippen molar-refractivity contribution in [2.45, 2.75) is 0 Å². The van der Waals surface area contributed by atoms with Gasteiger partial charge in [-0.3, -0.25) is 0 Å². The van der Waals surface area contributed by atoms with Crippen molar-refractivity contribution in [1.82, 2.24) is 9.97 Å². The van der Waals surface area contributed by atoms with Crippen molar-refractivity contribution in [3.05, 3.63) is 42.0 Å². The third-order valence-corrected chi connectivity index (χ3v) is 3.61. The van der Waals surface area contributed by atoms with E-state index in [1.165, 1.54) is 5.37 Å². The van der Waals surface area contributed by atoms with E-state index in [0.29, 0.717) is 34.1 Å². The molecule has 3 aromatic rings. The number of anilines is 1. The minimum Gasteiger partial charge on any atom is -0.495 e. The number of nitrogen functional groups attached to an aromatic ring is 1. The molecule has 106 valence electrons. The molecule has 21 heavy (non-hydrogen) atoms. The van der Waals surface area contributed by atoms with Crippen molar-refractivity contribution in [2.24, 2.45) is 0 Å². The molecule has 0 aliphatic rings. The number of nitrogens with two attached hydrogens (primary N) is 1. The molecule has 0 atom stereocenters. The van der Waals surface area contributed by atoms with Crippen LogP contribution in [0.25, 0.3) is 22.4 Å². The van der Waals surface area contributed by atoms with Crippen LogP contribution < -0.4 is 10.5 Å². The fraction of sp³-hybridized carbons (Fsp3) is 0.0667. The Morgan fingerprint density at radius 2 is 2.10 bits per heavy atom. The van der Waals surface area contributed by atoms with Gasteiger partial charge < -0.3 is 15.5 Å². The number of aromatic amines is 1. The zero-order chi connectivity index (χ0) is 14.8. The molecule has 0 saturated carbocycles. The molecular weight excluding hydrogens is 286 g/mol. The summed E-state index contributed by atoms with van der Waals surface area (Å²) in [4.78, 5) is 7.78. The van der Waals surface area contributed by atoms with Gasteiger partial charge in [-0.25, -0.2) is 9.19 Å². The Kier molecular flexibility index (Phi) is 3.45. The number of benzene rings is 2. The van der Waals surface area contributed by atoms with Crippen LogP contribution in [0.4, 0.5) is 5.69 Å². The number of nitrogens with zero attached hydrogens (tertiary/aromatic N) is 1. The predicted molar refractivity (Wildman–Crippen MR) is 85.8 cm³/mol. The first-order valence-electron chi connectivity index (χ1n) is 6.28. The Labute approximate surface area is 124 Å². The SMILES string of the molecule is COc1ccc(-c2nc3ccccc3[nH]2)c(C=S=O)c1N. The van der Waals surface area contributed by atoms with E-state index in [1.54, 1.807) is 13.2 Å². The minimum absolute atomic E-state index is 0.352. The first kappa shape index (κ1) is 13.4. The van der Waals surface area contributed by atoms with Crippen LogP contribution in [-0.2, 0) is 11.3 Å².